The number of rotatable bonds is 6. The van der Waals surface area contributed by atoms with Gasteiger partial charge in [-0.2, -0.15) is 0 Å². The Morgan fingerprint density at radius 2 is 1.97 bits per heavy atom. The van der Waals surface area contributed by atoms with Gasteiger partial charge in [0.25, 0.3) is 5.91 Å². The van der Waals surface area contributed by atoms with E-state index in [0.29, 0.717) is 47.7 Å². The van der Waals surface area contributed by atoms with Crippen LogP contribution >= 0.6 is 0 Å². The van der Waals surface area contributed by atoms with E-state index in [2.05, 4.69) is 25.5 Å². The third kappa shape index (κ3) is 4.35. The van der Waals surface area contributed by atoms with Crippen molar-refractivity contribution in [2.75, 3.05) is 24.3 Å². The van der Waals surface area contributed by atoms with Crippen molar-refractivity contribution in [3.63, 3.8) is 0 Å². The minimum absolute atomic E-state index is 0.262. The van der Waals surface area contributed by atoms with Crippen LogP contribution in [0.2, 0.25) is 0 Å². The number of hydrogen-bond acceptors (Lipinski definition) is 7. The van der Waals surface area contributed by atoms with Crippen LogP contribution in [0.15, 0.2) is 49.2 Å². The number of nitrogens with zero attached hydrogens (tertiary/aromatic N) is 6. The van der Waals surface area contributed by atoms with Gasteiger partial charge in [0.1, 0.15) is 17.8 Å². The van der Waals surface area contributed by atoms with E-state index < -0.39 is 0 Å². The lowest BCUT2D eigenvalue weighted by molar-refractivity contribution is 0.0699. The fraction of sp³-hybridized carbons (Fsp3) is 0.346. The van der Waals surface area contributed by atoms with E-state index in [1.54, 1.807) is 18.7 Å². The monoisotopic (exact) mass is 484 g/mol. The van der Waals surface area contributed by atoms with E-state index in [0.717, 1.165) is 29.8 Å². The van der Waals surface area contributed by atoms with Gasteiger partial charge in [0.2, 0.25) is 0 Å². The first-order valence-electron chi connectivity index (χ1n) is 12.3. The lowest BCUT2D eigenvalue weighted by atomic mass is 10.1. The van der Waals surface area contributed by atoms with Crippen LogP contribution in [0, 0.1) is 6.92 Å². The molecule has 10 heteroatoms. The van der Waals surface area contributed by atoms with Gasteiger partial charge in [0.05, 0.1) is 23.3 Å². The highest BCUT2D eigenvalue weighted by molar-refractivity contribution is 6.08. The molecule has 6 rings (SSSR count). The Morgan fingerprint density at radius 1 is 1.14 bits per heavy atom. The summed E-state index contributed by atoms with van der Waals surface area (Å²) in [7, 11) is 0. The number of nitrogen functional groups attached to an aromatic ring is 1. The smallest absolute Gasteiger partial charge is 0.258 e. The van der Waals surface area contributed by atoms with Crippen LogP contribution < -0.4 is 11.1 Å². The molecule has 1 amide bonds. The summed E-state index contributed by atoms with van der Waals surface area (Å²) in [5.74, 6) is 1.31. The second-order valence-electron chi connectivity index (χ2n) is 9.47. The Hall–Kier alpha value is -4.05. The number of hydrogen-bond donors (Lipinski definition) is 2. The van der Waals surface area contributed by atoms with E-state index in [1.165, 1.54) is 12.8 Å². The van der Waals surface area contributed by atoms with Gasteiger partial charge in [0, 0.05) is 37.1 Å². The first-order valence-corrected chi connectivity index (χ1v) is 12.3. The predicted octanol–water partition coefficient (Wildman–Crippen LogP) is 3.90. The topological polar surface area (TPSA) is 126 Å². The Balaban J connectivity index is 1.25. The molecule has 0 unspecified atom stereocenters. The van der Waals surface area contributed by atoms with Gasteiger partial charge in [-0.15, -0.1) is 10.2 Å². The van der Waals surface area contributed by atoms with E-state index in [4.69, 9.17) is 10.5 Å². The molecule has 1 saturated heterocycles. The van der Waals surface area contributed by atoms with Crippen molar-refractivity contribution in [3.05, 3.63) is 66.0 Å². The SMILES string of the molecule is Cc1cc(N)c(C(=O)Nc2cccc(-c3nncn3C3CCOCC3)n2)cc1-n1cnc(C2CC2)c1. The number of imidazole rings is 1. The molecule has 184 valence electrons. The van der Waals surface area contributed by atoms with Crippen LogP contribution in [-0.4, -0.2) is 48.4 Å². The standard InChI is InChI=1S/C26H28N8O2/c1-16-11-20(27)19(12-23(16)33-13-22(28-14-33)17-5-6-17)26(35)31-24-4-2-3-21(30-24)25-32-29-15-34(25)18-7-9-36-10-8-18/h2-4,11-15,17-18H,5-10,27H2,1H3,(H,30,31,35). The van der Waals surface area contributed by atoms with E-state index >= 15 is 0 Å². The molecular weight excluding hydrogens is 456 g/mol. The maximum Gasteiger partial charge on any atom is 0.258 e. The highest BCUT2D eigenvalue weighted by Crippen LogP contribution is 2.39. The van der Waals surface area contributed by atoms with Crippen molar-refractivity contribution in [2.24, 2.45) is 0 Å². The van der Waals surface area contributed by atoms with Crippen LogP contribution in [0.1, 0.15) is 59.3 Å². The molecule has 4 heterocycles. The molecule has 0 atom stereocenters. The molecule has 0 radical (unpaired) electrons. The lowest BCUT2D eigenvalue weighted by Crippen LogP contribution is -2.20. The summed E-state index contributed by atoms with van der Waals surface area (Å²) < 4.78 is 9.49. The number of aryl methyl sites for hydroxylation is 1. The summed E-state index contributed by atoms with van der Waals surface area (Å²) in [6, 6.07) is 9.35. The fourth-order valence-electron chi connectivity index (χ4n) is 4.72. The van der Waals surface area contributed by atoms with Crippen LogP contribution in [0.25, 0.3) is 17.2 Å². The average molecular weight is 485 g/mol. The van der Waals surface area contributed by atoms with Crippen molar-refractivity contribution >= 4 is 17.4 Å². The summed E-state index contributed by atoms with van der Waals surface area (Å²) in [6.07, 6.45) is 9.74. The zero-order valence-electron chi connectivity index (χ0n) is 20.1. The molecule has 2 fully saturated rings. The van der Waals surface area contributed by atoms with E-state index in [1.807, 2.05) is 46.5 Å². The number of aromatic nitrogens is 6. The second-order valence-corrected chi connectivity index (χ2v) is 9.47. The summed E-state index contributed by atoms with van der Waals surface area (Å²) in [5.41, 5.74) is 10.6. The molecule has 3 N–H and O–H groups in total. The molecule has 1 saturated carbocycles. The van der Waals surface area contributed by atoms with Crippen molar-refractivity contribution in [1.29, 1.82) is 0 Å². The number of nitrogens with one attached hydrogen (secondary N) is 1. The zero-order chi connectivity index (χ0) is 24.6. The second kappa shape index (κ2) is 9.19. The van der Waals surface area contributed by atoms with Crippen LogP contribution in [0.5, 0.6) is 0 Å². The zero-order valence-corrected chi connectivity index (χ0v) is 20.1. The van der Waals surface area contributed by atoms with Gasteiger partial charge in [-0.1, -0.05) is 6.07 Å². The summed E-state index contributed by atoms with van der Waals surface area (Å²) >= 11 is 0. The molecule has 0 bridgehead atoms. The number of ether oxygens (including phenoxy) is 1. The molecule has 1 aliphatic heterocycles. The summed E-state index contributed by atoms with van der Waals surface area (Å²) in [5, 5.41) is 11.3. The van der Waals surface area contributed by atoms with Crippen molar-refractivity contribution in [2.45, 2.75) is 44.6 Å². The average Bonchev–Trinajstić information content (AvgIpc) is 3.41. The number of benzene rings is 1. The summed E-state index contributed by atoms with van der Waals surface area (Å²) in [6.45, 7) is 3.41. The van der Waals surface area contributed by atoms with Crippen molar-refractivity contribution in [1.82, 2.24) is 29.3 Å². The number of pyridine rings is 1. The fourth-order valence-corrected chi connectivity index (χ4v) is 4.72. The van der Waals surface area contributed by atoms with Gasteiger partial charge in [-0.05, 0) is 62.4 Å². The quantitative estimate of drug-likeness (QED) is 0.398. The predicted molar refractivity (Wildman–Crippen MR) is 135 cm³/mol. The van der Waals surface area contributed by atoms with Gasteiger partial charge < -0.3 is 24.9 Å². The largest absolute Gasteiger partial charge is 0.398 e. The normalized spacial score (nSPS) is 16.2. The molecule has 4 aromatic rings. The Kier molecular flexibility index (Phi) is 5.73. The van der Waals surface area contributed by atoms with Gasteiger partial charge in [-0.3, -0.25) is 4.79 Å². The molecule has 0 spiro atoms. The number of carbonyl (C=O) groups is 1. The maximum absolute atomic E-state index is 13.3. The minimum atomic E-state index is -0.327. The van der Waals surface area contributed by atoms with Crippen molar-refractivity contribution < 1.29 is 9.53 Å². The summed E-state index contributed by atoms with van der Waals surface area (Å²) in [4.78, 5) is 22.4. The third-order valence-corrected chi connectivity index (χ3v) is 6.87. The van der Waals surface area contributed by atoms with Crippen LogP contribution in [-0.2, 0) is 4.74 Å². The maximum atomic E-state index is 13.3. The van der Waals surface area contributed by atoms with Crippen molar-refractivity contribution in [3.8, 4) is 17.2 Å². The number of carbonyl (C=O) groups excluding carboxylic acids is 1. The molecule has 1 aromatic carbocycles. The highest BCUT2D eigenvalue weighted by atomic mass is 16.5. The Morgan fingerprint density at radius 3 is 2.78 bits per heavy atom. The number of nitrogens with two attached hydrogens (primary N) is 1. The Bertz CT molecular complexity index is 1420. The molecule has 10 nitrogen and oxygen atoms in total. The van der Waals surface area contributed by atoms with Gasteiger partial charge >= 0.3 is 0 Å². The van der Waals surface area contributed by atoms with Crippen LogP contribution in [0.4, 0.5) is 11.5 Å². The van der Waals surface area contributed by atoms with E-state index in [-0.39, 0.29) is 11.9 Å². The lowest BCUT2D eigenvalue weighted by Gasteiger charge is -2.24. The number of amides is 1. The van der Waals surface area contributed by atoms with Gasteiger partial charge in [-0.25, -0.2) is 9.97 Å². The van der Waals surface area contributed by atoms with E-state index in [9.17, 15) is 4.79 Å². The Labute approximate surface area is 208 Å². The minimum Gasteiger partial charge on any atom is -0.398 e. The first kappa shape index (κ1) is 22.4. The van der Waals surface area contributed by atoms with Gasteiger partial charge in [0.15, 0.2) is 5.82 Å². The highest BCUT2D eigenvalue weighted by Gasteiger charge is 2.26. The first-order chi connectivity index (χ1) is 17.6. The molecule has 3 aromatic heterocycles. The molecule has 36 heavy (non-hydrogen) atoms. The molecule has 1 aliphatic carbocycles. The molecular formula is C26H28N8O2. The van der Waals surface area contributed by atoms with Crippen LogP contribution in [0.3, 0.4) is 0 Å². The number of anilines is 2. The molecule has 2 aliphatic rings. The third-order valence-electron chi connectivity index (χ3n) is 6.87.